The van der Waals surface area contributed by atoms with E-state index in [1.807, 2.05) is 0 Å². The number of nitrogens with one attached hydrogen (secondary N) is 2. The number of carbonyl (C=O) groups is 2. The number of nitrogens with zero attached hydrogens (tertiary/aromatic N) is 1. The van der Waals surface area contributed by atoms with Gasteiger partial charge in [-0.25, -0.2) is 17.6 Å². The van der Waals surface area contributed by atoms with Crippen LogP contribution in [0.25, 0.3) is 0 Å². The first kappa shape index (κ1) is 28.0. The molecule has 2 N–H and O–H groups in total. The molecule has 0 aromatic heterocycles. The highest BCUT2D eigenvalue weighted by Crippen LogP contribution is 2.41. The molecule has 14 heteroatoms. The fraction of sp³-hybridized carbons (Fsp3) is 0.391. The van der Waals surface area contributed by atoms with Crippen molar-refractivity contribution in [3.63, 3.8) is 0 Å². The van der Waals surface area contributed by atoms with Gasteiger partial charge in [-0.2, -0.15) is 13.2 Å². The average Bonchev–Trinajstić information content (AvgIpc) is 2.76. The summed E-state index contributed by atoms with van der Waals surface area (Å²) in [5, 5.41) is 4.73. The summed E-state index contributed by atoms with van der Waals surface area (Å²) in [5.41, 5.74) is -2.89. The molecule has 0 radical (unpaired) electrons. The van der Waals surface area contributed by atoms with Gasteiger partial charge in [0.1, 0.15) is 17.7 Å². The zero-order valence-corrected chi connectivity index (χ0v) is 21.0. The predicted molar refractivity (Wildman–Crippen MR) is 125 cm³/mol. The highest BCUT2D eigenvalue weighted by atomic mass is 32.2. The lowest BCUT2D eigenvalue weighted by Crippen LogP contribution is -2.54. The van der Waals surface area contributed by atoms with E-state index < -0.39 is 45.9 Å². The van der Waals surface area contributed by atoms with E-state index in [0.717, 1.165) is 28.6 Å². The SMILES string of the molecule is CC(=O)NCC1Oc2ccc(NC(=O)OC(C)(C)C(F)(F)F)cc2N(S(=O)(=O)c2ccc(F)cc2)[C@@H]1C. The molecule has 2 aromatic rings. The van der Waals surface area contributed by atoms with Crippen molar-refractivity contribution in [2.45, 2.75) is 56.5 Å². The number of ether oxygens (including phenoxy) is 2. The number of halogens is 4. The van der Waals surface area contributed by atoms with Gasteiger partial charge in [0.2, 0.25) is 11.5 Å². The Morgan fingerprint density at radius 1 is 1.11 bits per heavy atom. The third-order valence-electron chi connectivity index (χ3n) is 5.58. The molecule has 0 bridgehead atoms. The molecule has 1 aliphatic rings. The maximum atomic E-state index is 13.6. The monoisotopic (exact) mass is 547 g/mol. The Labute approximate surface area is 210 Å². The minimum absolute atomic E-state index is 0.0375. The molecular formula is C23H25F4N3O6S. The van der Waals surface area contributed by atoms with Gasteiger partial charge in [-0.3, -0.25) is 14.4 Å². The first-order chi connectivity index (χ1) is 17.0. The van der Waals surface area contributed by atoms with Gasteiger partial charge in [-0.05, 0) is 63.2 Å². The Bertz CT molecular complexity index is 1280. The Hall–Kier alpha value is -3.55. The maximum absolute atomic E-state index is 13.6. The first-order valence-corrected chi connectivity index (χ1v) is 12.4. The topological polar surface area (TPSA) is 114 Å². The molecule has 0 spiro atoms. The molecule has 2 amide bonds. The standard InChI is InChI=1S/C23H25F4N3O6S/c1-13-20(12-28-14(2)31)35-19-10-7-16(29-21(32)36-22(3,4)23(25,26)27)11-18(19)30(13)37(33,34)17-8-5-15(24)6-9-17/h5-11,13,20H,12H2,1-4H3,(H,28,31)(H,29,32)/t13-,20?/m1/s1. The van der Waals surface area contributed by atoms with Crippen molar-refractivity contribution in [3.8, 4) is 5.75 Å². The van der Waals surface area contributed by atoms with E-state index in [4.69, 9.17) is 4.74 Å². The molecule has 1 unspecified atom stereocenters. The summed E-state index contributed by atoms with van der Waals surface area (Å²) in [7, 11) is -4.33. The summed E-state index contributed by atoms with van der Waals surface area (Å²) < 4.78 is 91.3. The number of anilines is 2. The molecule has 202 valence electrons. The zero-order chi connectivity index (χ0) is 27.8. The second kappa shape index (κ2) is 10.1. The molecule has 2 aromatic carbocycles. The Balaban J connectivity index is 2.00. The van der Waals surface area contributed by atoms with E-state index in [9.17, 15) is 35.6 Å². The van der Waals surface area contributed by atoms with E-state index in [1.54, 1.807) is 0 Å². The second-order valence-corrected chi connectivity index (χ2v) is 10.6. The van der Waals surface area contributed by atoms with Crippen LogP contribution in [0, 0.1) is 5.82 Å². The summed E-state index contributed by atoms with van der Waals surface area (Å²) >= 11 is 0. The second-order valence-electron chi connectivity index (χ2n) is 8.79. The lowest BCUT2D eigenvalue weighted by molar-refractivity contribution is -0.242. The van der Waals surface area contributed by atoms with Crippen LogP contribution in [0.15, 0.2) is 47.4 Å². The lowest BCUT2D eigenvalue weighted by atomic mass is 10.1. The number of hydrogen-bond acceptors (Lipinski definition) is 6. The van der Waals surface area contributed by atoms with E-state index in [0.29, 0.717) is 13.8 Å². The third kappa shape index (κ3) is 6.06. The van der Waals surface area contributed by atoms with Crippen LogP contribution in [0.5, 0.6) is 5.75 Å². The molecular weight excluding hydrogens is 522 g/mol. The van der Waals surface area contributed by atoms with Crippen molar-refractivity contribution >= 4 is 33.4 Å². The van der Waals surface area contributed by atoms with Crippen LogP contribution in [-0.4, -0.2) is 50.9 Å². The molecule has 0 saturated carbocycles. The zero-order valence-electron chi connectivity index (χ0n) is 20.2. The van der Waals surface area contributed by atoms with Crippen LogP contribution in [-0.2, 0) is 19.6 Å². The number of carbonyl (C=O) groups excluding carboxylic acids is 2. The molecule has 1 heterocycles. The van der Waals surface area contributed by atoms with Gasteiger partial charge < -0.3 is 14.8 Å². The van der Waals surface area contributed by atoms with Crippen molar-refractivity contribution in [2.75, 3.05) is 16.2 Å². The van der Waals surface area contributed by atoms with Crippen molar-refractivity contribution in [1.82, 2.24) is 5.32 Å². The third-order valence-corrected chi connectivity index (χ3v) is 7.50. The summed E-state index contributed by atoms with van der Waals surface area (Å²) in [5.74, 6) is -0.951. The Kier molecular flexibility index (Phi) is 7.63. The smallest absolute Gasteiger partial charge is 0.427 e. The van der Waals surface area contributed by atoms with Crippen LogP contribution in [0.3, 0.4) is 0 Å². The Morgan fingerprint density at radius 3 is 2.30 bits per heavy atom. The van der Waals surface area contributed by atoms with Crippen LogP contribution >= 0.6 is 0 Å². The number of alkyl halides is 3. The molecule has 9 nitrogen and oxygen atoms in total. The van der Waals surface area contributed by atoms with Gasteiger partial charge in [0.15, 0.2) is 0 Å². The number of hydrogen-bond donors (Lipinski definition) is 2. The van der Waals surface area contributed by atoms with Gasteiger partial charge in [-0.1, -0.05) is 0 Å². The van der Waals surface area contributed by atoms with Gasteiger partial charge in [0.25, 0.3) is 10.0 Å². The summed E-state index contributed by atoms with van der Waals surface area (Å²) in [6.45, 7) is 4.13. The van der Waals surface area contributed by atoms with Crippen LogP contribution < -0.4 is 19.7 Å². The maximum Gasteiger partial charge on any atom is 0.427 e. The van der Waals surface area contributed by atoms with E-state index in [1.165, 1.54) is 32.0 Å². The van der Waals surface area contributed by atoms with Crippen molar-refractivity contribution in [3.05, 3.63) is 48.3 Å². The lowest BCUT2D eigenvalue weighted by Gasteiger charge is -2.41. The molecule has 0 saturated heterocycles. The van der Waals surface area contributed by atoms with Gasteiger partial charge in [0, 0.05) is 12.6 Å². The molecule has 0 fully saturated rings. The Morgan fingerprint density at radius 2 is 1.73 bits per heavy atom. The number of rotatable bonds is 6. The molecule has 1 aliphatic heterocycles. The number of sulfonamides is 1. The number of fused-ring (bicyclic) bond motifs is 1. The number of amides is 2. The molecule has 37 heavy (non-hydrogen) atoms. The highest BCUT2D eigenvalue weighted by Gasteiger charge is 2.51. The van der Waals surface area contributed by atoms with Crippen molar-refractivity contribution in [2.24, 2.45) is 0 Å². The van der Waals surface area contributed by atoms with Crippen molar-refractivity contribution in [1.29, 1.82) is 0 Å². The van der Waals surface area contributed by atoms with Gasteiger partial charge >= 0.3 is 12.3 Å². The molecule has 2 atom stereocenters. The average molecular weight is 548 g/mol. The quantitative estimate of drug-likeness (QED) is 0.525. The van der Waals surface area contributed by atoms with Crippen LogP contribution in [0.1, 0.15) is 27.7 Å². The van der Waals surface area contributed by atoms with E-state index in [2.05, 4.69) is 15.4 Å². The number of benzene rings is 2. The normalized spacial score (nSPS) is 17.9. The predicted octanol–water partition coefficient (Wildman–Crippen LogP) is 4.20. The van der Waals surface area contributed by atoms with Crippen molar-refractivity contribution < 1.29 is 45.0 Å². The van der Waals surface area contributed by atoms with Gasteiger partial charge in [0.05, 0.1) is 23.2 Å². The minimum atomic E-state index is -4.83. The summed E-state index contributed by atoms with van der Waals surface area (Å²) in [4.78, 5) is 23.4. The van der Waals surface area contributed by atoms with Gasteiger partial charge in [-0.15, -0.1) is 0 Å². The fourth-order valence-electron chi connectivity index (χ4n) is 3.46. The van der Waals surface area contributed by atoms with Crippen LogP contribution in [0.2, 0.25) is 0 Å². The first-order valence-electron chi connectivity index (χ1n) is 10.9. The molecule has 3 rings (SSSR count). The summed E-state index contributed by atoms with van der Waals surface area (Å²) in [6.07, 6.45) is -7.07. The highest BCUT2D eigenvalue weighted by molar-refractivity contribution is 7.92. The minimum Gasteiger partial charge on any atom is -0.484 e. The van der Waals surface area contributed by atoms with E-state index >= 15 is 0 Å². The van der Waals surface area contributed by atoms with Crippen LogP contribution in [0.4, 0.5) is 33.7 Å². The molecule has 0 aliphatic carbocycles. The largest absolute Gasteiger partial charge is 0.484 e. The fourth-order valence-corrected chi connectivity index (χ4v) is 5.14. The van der Waals surface area contributed by atoms with E-state index in [-0.39, 0.29) is 34.5 Å². The summed E-state index contributed by atoms with van der Waals surface area (Å²) in [6, 6.07) is 7.01.